The maximum absolute atomic E-state index is 12.1. The van der Waals surface area contributed by atoms with Crippen molar-refractivity contribution >= 4 is 11.8 Å². The zero-order chi connectivity index (χ0) is 18.0. The molecule has 0 amide bonds. The van der Waals surface area contributed by atoms with Crippen molar-refractivity contribution in [1.82, 2.24) is 0 Å². The van der Waals surface area contributed by atoms with Crippen LogP contribution in [-0.4, -0.2) is 28.1 Å². The van der Waals surface area contributed by atoms with Crippen LogP contribution in [-0.2, 0) is 9.59 Å². The molecule has 0 aromatic rings. The second-order valence-electron chi connectivity index (χ2n) is 9.97. The molecule has 0 spiro atoms. The highest BCUT2D eigenvalue weighted by Crippen LogP contribution is 2.67. The molecular weight excluding hydrogens is 316 g/mol. The molecule has 0 saturated heterocycles. The molecule has 25 heavy (non-hydrogen) atoms. The molecule has 8 atom stereocenters. The number of aliphatic hydroxyl groups excluding tert-OH is 1. The van der Waals surface area contributed by atoms with Crippen LogP contribution < -0.4 is 0 Å². The number of fused-ring (bicyclic) bond motifs is 5. The van der Waals surface area contributed by atoms with Crippen LogP contribution in [0.25, 0.3) is 0 Å². The van der Waals surface area contributed by atoms with Gasteiger partial charge in [0.05, 0.1) is 6.10 Å². The molecule has 7 unspecified atom stereocenters. The number of carbonyl (C=O) groups excluding carboxylic acids is 1. The van der Waals surface area contributed by atoms with E-state index in [2.05, 4.69) is 13.8 Å². The van der Waals surface area contributed by atoms with Crippen LogP contribution in [0.2, 0.25) is 0 Å². The number of ketones is 1. The van der Waals surface area contributed by atoms with E-state index in [1.165, 1.54) is 0 Å². The predicted octanol–water partition coefficient (Wildman–Crippen LogP) is 3.66. The highest BCUT2D eigenvalue weighted by atomic mass is 16.4. The predicted molar refractivity (Wildman–Crippen MR) is 93.9 cm³/mol. The fourth-order valence-corrected chi connectivity index (χ4v) is 7.62. The average Bonchev–Trinajstić information content (AvgIpc) is 2.84. The Kier molecular flexibility index (Phi) is 4.06. The Morgan fingerprint density at radius 1 is 1.12 bits per heavy atom. The minimum absolute atomic E-state index is 0.0361. The Labute approximate surface area is 150 Å². The summed E-state index contributed by atoms with van der Waals surface area (Å²) >= 11 is 0. The molecule has 4 heteroatoms. The molecule has 4 nitrogen and oxygen atoms in total. The number of carboxylic acid groups (broad SMARTS) is 1. The van der Waals surface area contributed by atoms with Crippen LogP contribution in [0.15, 0.2) is 0 Å². The summed E-state index contributed by atoms with van der Waals surface area (Å²) in [7, 11) is 0. The van der Waals surface area contributed by atoms with E-state index < -0.39 is 5.97 Å². The third-order valence-corrected chi connectivity index (χ3v) is 9.05. The van der Waals surface area contributed by atoms with Gasteiger partial charge in [-0.15, -0.1) is 0 Å². The first-order chi connectivity index (χ1) is 11.8. The minimum Gasteiger partial charge on any atom is -0.481 e. The fraction of sp³-hybridized carbons (Fsp3) is 0.905. The van der Waals surface area contributed by atoms with E-state index in [1.54, 1.807) is 0 Å². The lowest BCUT2D eigenvalue weighted by Crippen LogP contribution is -2.57. The fourth-order valence-electron chi connectivity index (χ4n) is 7.62. The number of Topliss-reactive ketones (excluding diaryl/α,β-unsaturated/α-hetero) is 1. The number of aliphatic carboxylic acids is 1. The van der Waals surface area contributed by atoms with Gasteiger partial charge in [0.25, 0.3) is 0 Å². The van der Waals surface area contributed by atoms with Gasteiger partial charge in [-0.05, 0) is 78.9 Å². The summed E-state index contributed by atoms with van der Waals surface area (Å²) in [6.45, 7) is 4.62. The van der Waals surface area contributed by atoms with Gasteiger partial charge in [0.2, 0.25) is 0 Å². The van der Waals surface area contributed by atoms with Crippen LogP contribution in [0.3, 0.4) is 0 Å². The molecule has 4 rings (SSSR count). The number of aliphatic hydroxyl groups is 1. The summed E-state index contributed by atoms with van der Waals surface area (Å²) in [5.74, 6) is 1.55. The maximum atomic E-state index is 12.1. The van der Waals surface area contributed by atoms with Crippen molar-refractivity contribution in [1.29, 1.82) is 0 Å². The highest BCUT2D eigenvalue weighted by Gasteiger charge is 2.62. The van der Waals surface area contributed by atoms with Gasteiger partial charge in [0.1, 0.15) is 5.78 Å². The average molecular weight is 348 g/mol. The third kappa shape index (κ3) is 2.50. The van der Waals surface area contributed by atoms with Gasteiger partial charge < -0.3 is 10.2 Å². The summed E-state index contributed by atoms with van der Waals surface area (Å²) in [6.07, 6.45) is 7.25. The maximum Gasteiger partial charge on any atom is 0.303 e. The molecule has 4 saturated carbocycles. The van der Waals surface area contributed by atoms with Crippen molar-refractivity contribution in [2.75, 3.05) is 0 Å². The lowest BCUT2D eigenvalue weighted by atomic mass is 9.42. The van der Waals surface area contributed by atoms with Gasteiger partial charge in [-0.2, -0.15) is 0 Å². The lowest BCUT2D eigenvalue weighted by Gasteiger charge is -2.62. The first-order valence-electron chi connectivity index (χ1n) is 10.2. The highest BCUT2D eigenvalue weighted by molar-refractivity contribution is 5.79. The monoisotopic (exact) mass is 348 g/mol. The molecule has 0 heterocycles. The van der Waals surface area contributed by atoms with E-state index >= 15 is 0 Å². The third-order valence-electron chi connectivity index (χ3n) is 9.05. The minimum atomic E-state index is -0.708. The van der Waals surface area contributed by atoms with Crippen molar-refractivity contribution in [3.05, 3.63) is 0 Å². The molecule has 0 aromatic carbocycles. The first-order valence-corrected chi connectivity index (χ1v) is 10.2. The molecular formula is C21H32O4. The topological polar surface area (TPSA) is 74.6 Å². The smallest absolute Gasteiger partial charge is 0.303 e. The van der Waals surface area contributed by atoms with Crippen LogP contribution in [0.1, 0.15) is 71.6 Å². The van der Waals surface area contributed by atoms with Gasteiger partial charge >= 0.3 is 5.97 Å². The summed E-state index contributed by atoms with van der Waals surface area (Å²) in [5.41, 5.74) is 0.147. The molecule has 0 radical (unpaired) electrons. The van der Waals surface area contributed by atoms with E-state index in [1.807, 2.05) is 0 Å². The van der Waals surface area contributed by atoms with E-state index in [9.17, 15) is 19.8 Å². The van der Waals surface area contributed by atoms with Crippen LogP contribution in [0.4, 0.5) is 0 Å². The zero-order valence-electron chi connectivity index (χ0n) is 15.5. The zero-order valence-corrected chi connectivity index (χ0v) is 15.5. The summed E-state index contributed by atoms with van der Waals surface area (Å²) in [5, 5.41) is 20.1. The molecule has 0 aromatic heterocycles. The van der Waals surface area contributed by atoms with Crippen molar-refractivity contribution < 1.29 is 19.8 Å². The normalized spacial score (nSPS) is 52.2. The van der Waals surface area contributed by atoms with E-state index in [0.717, 1.165) is 38.5 Å². The van der Waals surface area contributed by atoms with Crippen molar-refractivity contribution in [2.24, 2.45) is 40.4 Å². The van der Waals surface area contributed by atoms with Crippen LogP contribution >= 0.6 is 0 Å². The summed E-state index contributed by atoms with van der Waals surface area (Å²) < 4.78 is 0. The quantitative estimate of drug-likeness (QED) is 0.798. The Morgan fingerprint density at radius 3 is 2.56 bits per heavy atom. The van der Waals surface area contributed by atoms with Crippen LogP contribution in [0.5, 0.6) is 0 Å². The number of carbonyl (C=O) groups is 2. The number of hydrogen-bond donors (Lipinski definition) is 2. The number of hydrogen-bond acceptors (Lipinski definition) is 3. The molecule has 0 aliphatic heterocycles. The Bertz CT molecular complexity index is 586. The van der Waals surface area contributed by atoms with Crippen LogP contribution in [0, 0.1) is 40.4 Å². The van der Waals surface area contributed by atoms with Gasteiger partial charge in [0, 0.05) is 19.3 Å². The van der Waals surface area contributed by atoms with Crippen molar-refractivity contribution in [3.63, 3.8) is 0 Å². The molecule has 4 aliphatic rings. The molecule has 0 bridgehead atoms. The first kappa shape index (κ1) is 17.5. The van der Waals surface area contributed by atoms with E-state index in [-0.39, 0.29) is 29.3 Å². The molecule has 4 fully saturated rings. The molecule has 2 N–H and O–H groups in total. The summed E-state index contributed by atoms with van der Waals surface area (Å²) in [4.78, 5) is 23.6. The second kappa shape index (κ2) is 5.80. The van der Waals surface area contributed by atoms with Gasteiger partial charge in [-0.1, -0.05) is 13.8 Å². The Hall–Kier alpha value is -0.900. The standard InChI is InChI=1S/C21H32O4/c1-20-7-5-14(22)11-13(20)9-12(10-18(24)25)19-15-3-4-17(23)21(15,2)8-6-16(19)20/h12-13,15-17,19,23H,3-11H2,1-2H3,(H,24,25)/t12-,13?,15?,16?,17?,19?,20?,21?/m0/s1. The Balaban J connectivity index is 1.71. The molecule has 4 aliphatic carbocycles. The second-order valence-corrected chi connectivity index (χ2v) is 9.97. The summed E-state index contributed by atoms with van der Waals surface area (Å²) in [6, 6.07) is 0. The largest absolute Gasteiger partial charge is 0.481 e. The van der Waals surface area contributed by atoms with E-state index in [4.69, 9.17) is 0 Å². The van der Waals surface area contributed by atoms with Crippen molar-refractivity contribution in [2.45, 2.75) is 77.7 Å². The lowest BCUT2D eigenvalue weighted by molar-refractivity contribution is -0.162. The van der Waals surface area contributed by atoms with Crippen molar-refractivity contribution in [3.8, 4) is 0 Å². The SMILES string of the molecule is CC12CCC3C(C1CCC2O)[C@H](CC(=O)O)CC1CC(=O)CCC13C. The molecule has 140 valence electrons. The number of rotatable bonds is 2. The Morgan fingerprint density at radius 2 is 1.84 bits per heavy atom. The van der Waals surface area contributed by atoms with Gasteiger partial charge in [0.15, 0.2) is 0 Å². The number of carboxylic acids is 1. The van der Waals surface area contributed by atoms with Gasteiger partial charge in [-0.3, -0.25) is 9.59 Å². The van der Waals surface area contributed by atoms with Gasteiger partial charge in [-0.25, -0.2) is 0 Å². The van der Waals surface area contributed by atoms with E-state index in [0.29, 0.717) is 42.3 Å².